The van der Waals surface area contributed by atoms with Crippen LogP contribution in [-0.4, -0.2) is 29.9 Å². The Bertz CT molecular complexity index is 160. The molecule has 0 saturated carbocycles. The number of hydrogen-bond donors (Lipinski definition) is 1. The van der Waals surface area contributed by atoms with Gasteiger partial charge < -0.3 is 10.3 Å². The van der Waals surface area contributed by atoms with Gasteiger partial charge in [0, 0.05) is 21.1 Å². The minimum atomic E-state index is 0.406. The van der Waals surface area contributed by atoms with Crippen molar-refractivity contribution in [3.63, 3.8) is 0 Å². The van der Waals surface area contributed by atoms with Crippen LogP contribution in [0.25, 0.3) is 0 Å². The molecule has 1 aliphatic rings. The van der Waals surface area contributed by atoms with Gasteiger partial charge in [-0.15, -0.1) is 0 Å². The van der Waals surface area contributed by atoms with Gasteiger partial charge in [0.2, 0.25) is 0 Å². The van der Waals surface area contributed by atoms with E-state index in [9.17, 15) is 0 Å². The molecule has 0 aromatic carbocycles. The van der Waals surface area contributed by atoms with E-state index in [0.717, 1.165) is 19.4 Å². The first-order valence-electron chi connectivity index (χ1n) is 5.12. The highest BCUT2D eigenvalue weighted by atomic mass is 32.0. The van der Waals surface area contributed by atoms with Crippen LogP contribution in [0.2, 0.25) is 0 Å². The molecule has 0 bridgehead atoms. The average molecular weight is 254 g/mol. The summed E-state index contributed by atoms with van der Waals surface area (Å²) in [5.41, 5.74) is 5.54. The van der Waals surface area contributed by atoms with Crippen molar-refractivity contribution < 1.29 is 4.52 Å². The molecular weight excluding hydrogens is 233 g/mol. The predicted molar refractivity (Wildman–Crippen MR) is 70.6 cm³/mol. The summed E-state index contributed by atoms with van der Waals surface area (Å²) < 4.78 is 8.10. The van der Waals surface area contributed by atoms with Gasteiger partial charge in [0.15, 0.2) is 0 Å². The Kier molecular flexibility index (Phi) is 7.04. The molecule has 84 valence electrons. The number of nitrogens with two attached hydrogens (primary N) is 1. The van der Waals surface area contributed by atoms with Gasteiger partial charge in [-0.1, -0.05) is 18.3 Å². The van der Waals surface area contributed by atoms with E-state index in [1.165, 1.54) is 19.4 Å². The molecule has 1 fully saturated rings. The Labute approximate surface area is 93.1 Å². The fraction of sp³-hybridized carbons (Fsp3) is 1.00. The molecule has 6 heteroatoms. The molecule has 2 N–H and O–H groups in total. The third-order valence-corrected chi connectivity index (χ3v) is 4.17. The zero-order valence-electron chi connectivity index (χ0n) is 8.48. The zero-order chi connectivity index (χ0) is 10.4. The summed E-state index contributed by atoms with van der Waals surface area (Å²) in [5.74, 6) is 0. The van der Waals surface area contributed by atoms with Crippen molar-refractivity contribution in [1.82, 2.24) is 4.67 Å². The molecule has 0 aliphatic carbocycles. The summed E-state index contributed by atoms with van der Waals surface area (Å²) in [6.45, 7) is 1.95. The minimum Gasteiger partial charge on any atom is -0.354 e. The average Bonchev–Trinajstić information content (AvgIpc) is 2.18. The first-order chi connectivity index (χ1) is 6.79. The molecule has 5 atom stereocenters. The normalized spacial score (nSPS) is 30.2. The Morgan fingerprint density at radius 2 is 2.36 bits per heavy atom. The van der Waals surface area contributed by atoms with Crippen LogP contribution in [-0.2, 0) is 4.52 Å². The van der Waals surface area contributed by atoms with Crippen LogP contribution in [0, 0.1) is 0 Å². The van der Waals surface area contributed by atoms with Gasteiger partial charge in [0.25, 0.3) is 0 Å². The van der Waals surface area contributed by atoms with Crippen molar-refractivity contribution in [3.8, 4) is 0 Å². The van der Waals surface area contributed by atoms with Gasteiger partial charge in [-0.2, -0.15) is 0 Å². The molecule has 0 spiro atoms. The number of hydrogen-bond acceptors (Lipinski definition) is 3. The molecule has 0 radical (unpaired) electrons. The predicted octanol–water partition coefficient (Wildman–Crippen LogP) is 1.75. The largest absolute Gasteiger partial charge is 0.354 e. The topological polar surface area (TPSA) is 38.5 Å². The summed E-state index contributed by atoms with van der Waals surface area (Å²) in [6, 6.07) is 0.547. The van der Waals surface area contributed by atoms with Gasteiger partial charge in [0.1, 0.15) is 0 Å². The second-order valence-corrected chi connectivity index (χ2v) is 5.49. The van der Waals surface area contributed by atoms with Crippen LogP contribution in [0.4, 0.5) is 0 Å². The highest BCUT2D eigenvalue weighted by Crippen LogP contribution is 2.33. The lowest BCUT2D eigenvalue weighted by Crippen LogP contribution is -2.43. The number of piperidine rings is 1. The highest BCUT2D eigenvalue weighted by Gasteiger charge is 2.29. The van der Waals surface area contributed by atoms with E-state index >= 15 is 0 Å². The molecule has 3 nitrogen and oxygen atoms in total. The second kappa shape index (κ2) is 7.44. The molecule has 1 heterocycles. The maximum atomic E-state index is 5.76. The third kappa shape index (κ3) is 3.97. The van der Waals surface area contributed by atoms with Crippen molar-refractivity contribution >= 4 is 26.8 Å². The monoisotopic (exact) mass is 254 g/mol. The first kappa shape index (κ1) is 13.2. The third-order valence-electron chi connectivity index (χ3n) is 2.68. The minimum absolute atomic E-state index is 0.406. The standard InChI is InChI=1S/C8H21N2OP3/c9-5-1-3-7-8(11-14-13)4-2-6-10(7)12/h7-8,14H,1-6,9,12-13H2/t7-,8+/m1/s1. The summed E-state index contributed by atoms with van der Waals surface area (Å²) in [4.78, 5) is 0. The van der Waals surface area contributed by atoms with E-state index in [-0.39, 0.29) is 0 Å². The van der Waals surface area contributed by atoms with E-state index in [1.807, 2.05) is 0 Å². The smallest absolute Gasteiger partial charge is 0.0777 e. The lowest BCUT2D eigenvalue weighted by molar-refractivity contribution is 0.0873. The van der Waals surface area contributed by atoms with Crippen LogP contribution < -0.4 is 5.73 Å². The SMILES string of the molecule is NCCC[C@@H]1[C@@H](OPP)CCCN1P. The molecule has 14 heavy (non-hydrogen) atoms. The Morgan fingerprint density at radius 1 is 1.57 bits per heavy atom. The second-order valence-electron chi connectivity index (χ2n) is 3.65. The van der Waals surface area contributed by atoms with Crippen molar-refractivity contribution in [2.75, 3.05) is 13.1 Å². The van der Waals surface area contributed by atoms with Crippen LogP contribution in [0.3, 0.4) is 0 Å². The van der Waals surface area contributed by atoms with Gasteiger partial charge in [0.05, 0.1) is 6.10 Å². The van der Waals surface area contributed by atoms with E-state index in [2.05, 4.69) is 23.0 Å². The summed E-state index contributed by atoms with van der Waals surface area (Å²) in [6.07, 6.45) is 5.09. The van der Waals surface area contributed by atoms with Crippen LogP contribution in [0.15, 0.2) is 0 Å². The molecule has 1 aliphatic heterocycles. The number of rotatable bonds is 5. The van der Waals surface area contributed by atoms with Gasteiger partial charge >= 0.3 is 0 Å². The summed E-state index contributed by atoms with van der Waals surface area (Å²) in [7, 11) is 6.00. The zero-order valence-corrected chi connectivity index (χ0v) is 11.8. The van der Waals surface area contributed by atoms with Crippen LogP contribution in [0.5, 0.6) is 0 Å². The maximum absolute atomic E-state index is 5.76. The molecule has 3 unspecified atom stereocenters. The van der Waals surface area contributed by atoms with E-state index in [1.54, 1.807) is 0 Å². The van der Waals surface area contributed by atoms with E-state index < -0.39 is 0 Å². The van der Waals surface area contributed by atoms with E-state index in [0.29, 0.717) is 20.6 Å². The lowest BCUT2D eigenvalue weighted by atomic mass is 9.97. The lowest BCUT2D eigenvalue weighted by Gasteiger charge is -2.38. The molecule has 1 saturated heterocycles. The Morgan fingerprint density at radius 3 is 3.00 bits per heavy atom. The van der Waals surface area contributed by atoms with Crippen molar-refractivity contribution in [1.29, 1.82) is 0 Å². The highest BCUT2D eigenvalue weighted by molar-refractivity contribution is 8.00. The molecular formula is C8H21N2OP3. The van der Waals surface area contributed by atoms with Crippen LogP contribution in [0.1, 0.15) is 25.7 Å². The molecule has 0 aromatic rings. The van der Waals surface area contributed by atoms with Gasteiger partial charge in [-0.05, 0) is 32.2 Å². The van der Waals surface area contributed by atoms with Crippen LogP contribution >= 0.6 is 26.8 Å². The molecule has 0 aromatic heterocycles. The van der Waals surface area contributed by atoms with Crippen molar-refractivity contribution in [3.05, 3.63) is 0 Å². The maximum Gasteiger partial charge on any atom is 0.0777 e. The number of nitrogens with zero attached hydrogens (tertiary/aromatic N) is 1. The fourth-order valence-electron chi connectivity index (χ4n) is 1.95. The van der Waals surface area contributed by atoms with Crippen molar-refractivity contribution in [2.45, 2.75) is 37.8 Å². The molecule has 0 amide bonds. The summed E-state index contributed by atoms with van der Waals surface area (Å²) >= 11 is 0. The van der Waals surface area contributed by atoms with Gasteiger partial charge in [-0.3, -0.25) is 4.67 Å². The van der Waals surface area contributed by atoms with Crippen molar-refractivity contribution in [2.24, 2.45) is 5.73 Å². The Hall–Kier alpha value is 1.17. The Balaban J connectivity index is 2.43. The quantitative estimate of drug-likeness (QED) is 0.759. The molecule has 1 rings (SSSR count). The summed E-state index contributed by atoms with van der Waals surface area (Å²) in [5, 5.41) is 0. The first-order valence-corrected chi connectivity index (χ1v) is 8.35. The van der Waals surface area contributed by atoms with E-state index in [4.69, 9.17) is 10.3 Å². The fourth-order valence-corrected chi connectivity index (χ4v) is 3.45. The van der Waals surface area contributed by atoms with Gasteiger partial charge in [-0.25, -0.2) is 0 Å².